The van der Waals surface area contributed by atoms with Crippen molar-refractivity contribution in [3.63, 3.8) is 0 Å². The van der Waals surface area contributed by atoms with Crippen molar-refractivity contribution in [3.05, 3.63) is 41.5 Å². The molecule has 4 rings (SSSR count). The normalized spacial score (nSPS) is 32.3. The maximum Gasteiger partial charge on any atom is 0.307 e. The molecule has 0 unspecified atom stereocenters. The number of allylic oxidation sites excluding steroid dienone is 2. The summed E-state index contributed by atoms with van der Waals surface area (Å²) in [5, 5.41) is 12.7. The fourth-order valence-electron chi connectivity index (χ4n) is 4.79. The highest BCUT2D eigenvalue weighted by atomic mass is 16.4. The second-order valence-corrected chi connectivity index (χ2v) is 7.30. The van der Waals surface area contributed by atoms with Gasteiger partial charge in [0.15, 0.2) is 0 Å². The SMILES string of the molecule is Cc1cccc(NC(=O)[C@@H]2[C@@H](C(=O)O)[C@H]3C=C[C@H]2C32CC2)c1C. The van der Waals surface area contributed by atoms with Crippen molar-refractivity contribution in [2.24, 2.45) is 29.1 Å². The summed E-state index contributed by atoms with van der Waals surface area (Å²) in [7, 11) is 0. The predicted octanol–water partition coefficient (Wildman–Crippen LogP) is 3.15. The Morgan fingerprint density at radius 1 is 1.13 bits per heavy atom. The number of amides is 1. The van der Waals surface area contributed by atoms with Gasteiger partial charge in [-0.05, 0) is 61.1 Å². The van der Waals surface area contributed by atoms with Crippen LogP contribution in [0.5, 0.6) is 0 Å². The Hall–Kier alpha value is -2.10. The maximum atomic E-state index is 12.9. The molecular formula is C19H21NO3. The number of hydrogen-bond donors (Lipinski definition) is 2. The van der Waals surface area contributed by atoms with Crippen molar-refractivity contribution >= 4 is 17.6 Å². The molecule has 2 bridgehead atoms. The summed E-state index contributed by atoms with van der Waals surface area (Å²) in [6.07, 6.45) is 6.22. The van der Waals surface area contributed by atoms with Gasteiger partial charge >= 0.3 is 5.97 Å². The number of aliphatic carboxylic acids is 1. The van der Waals surface area contributed by atoms with Gasteiger partial charge in [-0.3, -0.25) is 9.59 Å². The molecular weight excluding hydrogens is 290 g/mol. The zero-order chi connectivity index (χ0) is 16.4. The first-order valence-corrected chi connectivity index (χ1v) is 8.24. The zero-order valence-corrected chi connectivity index (χ0v) is 13.4. The molecule has 23 heavy (non-hydrogen) atoms. The molecule has 3 aliphatic rings. The molecule has 1 aromatic rings. The van der Waals surface area contributed by atoms with E-state index in [2.05, 4.69) is 11.4 Å². The maximum absolute atomic E-state index is 12.9. The minimum absolute atomic E-state index is 0.0272. The molecule has 0 aromatic heterocycles. The summed E-state index contributed by atoms with van der Waals surface area (Å²) < 4.78 is 0. The lowest BCUT2D eigenvalue weighted by Crippen LogP contribution is -2.36. The van der Waals surface area contributed by atoms with Gasteiger partial charge in [0, 0.05) is 5.69 Å². The van der Waals surface area contributed by atoms with Gasteiger partial charge < -0.3 is 10.4 Å². The van der Waals surface area contributed by atoms with Crippen molar-refractivity contribution in [1.29, 1.82) is 0 Å². The Bertz CT molecular complexity index is 732. The van der Waals surface area contributed by atoms with Crippen LogP contribution in [0, 0.1) is 42.9 Å². The van der Waals surface area contributed by atoms with E-state index in [9.17, 15) is 14.7 Å². The number of rotatable bonds is 3. The van der Waals surface area contributed by atoms with Gasteiger partial charge in [-0.2, -0.15) is 0 Å². The van der Waals surface area contributed by atoms with Crippen molar-refractivity contribution in [2.45, 2.75) is 26.7 Å². The Labute approximate surface area is 135 Å². The predicted molar refractivity (Wildman–Crippen MR) is 86.9 cm³/mol. The molecule has 0 aliphatic heterocycles. The third-order valence-electron chi connectivity index (χ3n) is 6.29. The summed E-state index contributed by atoms with van der Waals surface area (Å²) in [5.74, 6) is -1.91. The number of carbonyl (C=O) groups excluding carboxylic acids is 1. The van der Waals surface area contributed by atoms with Crippen LogP contribution in [0.4, 0.5) is 5.69 Å². The number of carboxylic acids is 1. The summed E-state index contributed by atoms with van der Waals surface area (Å²) in [5.41, 5.74) is 3.00. The molecule has 4 heteroatoms. The lowest BCUT2D eigenvalue weighted by Gasteiger charge is -2.24. The zero-order valence-electron chi connectivity index (χ0n) is 13.4. The van der Waals surface area contributed by atoms with E-state index in [4.69, 9.17) is 0 Å². The lowest BCUT2D eigenvalue weighted by molar-refractivity contribution is -0.146. The second-order valence-electron chi connectivity index (χ2n) is 7.30. The van der Waals surface area contributed by atoms with Crippen LogP contribution in [0.3, 0.4) is 0 Å². The molecule has 4 atom stereocenters. The van der Waals surface area contributed by atoms with Crippen molar-refractivity contribution < 1.29 is 14.7 Å². The second kappa shape index (κ2) is 4.70. The Balaban J connectivity index is 1.64. The number of hydrogen-bond acceptors (Lipinski definition) is 2. The van der Waals surface area contributed by atoms with E-state index < -0.39 is 17.8 Å². The van der Waals surface area contributed by atoms with Gasteiger partial charge in [-0.25, -0.2) is 0 Å². The van der Waals surface area contributed by atoms with E-state index in [1.807, 2.05) is 38.1 Å². The fraction of sp³-hybridized carbons (Fsp3) is 0.474. The van der Waals surface area contributed by atoms with E-state index in [1.165, 1.54) is 0 Å². The average molecular weight is 311 g/mol. The number of benzene rings is 1. The highest BCUT2D eigenvalue weighted by Crippen LogP contribution is 2.72. The number of carboxylic acid groups (broad SMARTS) is 1. The molecule has 2 N–H and O–H groups in total. The number of nitrogens with one attached hydrogen (secondary N) is 1. The first kappa shape index (κ1) is 14.5. The topological polar surface area (TPSA) is 66.4 Å². The standard InChI is InChI=1S/C19H21NO3/c1-10-4-3-5-14(11(10)2)20-17(21)15-12-6-7-13(16(15)18(22)23)19(12)8-9-19/h3-7,12-13,15-16H,8-9H2,1-2H3,(H,20,21)(H,22,23)/t12-,13-,15+,16+/m1/s1. The molecule has 120 valence electrons. The quantitative estimate of drug-likeness (QED) is 0.843. The van der Waals surface area contributed by atoms with E-state index in [-0.39, 0.29) is 23.2 Å². The molecule has 1 aromatic carbocycles. The van der Waals surface area contributed by atoms with Gasteiger partial charge in [0.1, 0.15) is 0 Å². The van der Waals surface area contributed by atoms with Crippen LogP contribution >= 0.6 is 0 Å². The first-order chi connectivity index (χ1) is 11.0. The largest absolute Gasteiger partial charge is 0.481 e. The van der Waals surface area contributed by atoms with Crippen LogP contribution in [-0.2, 0) is 9.59 Å². The van der Waals surface area contributed by atoms with Crippen LogP contribution in [0.25, 0.3) is 0 Å². The Morgan fingerprint density at radius 2 is 1.78 bits per heavy atom. The highest BCUT2D eigenvalue weighted by molar-refractivity contribution is 5.97. The minimum atomic E-state index is -0.839. The number of carbonyl (C=O) groups is 2. The van der Waals surface area contributed by atoms with Crippen LogP contribution in [0.15, 0.2) is 30.4 Å². The van der Waals surface area contributed by atoms with E-state index >= 15 is 0 Å². The Kier molecular flexibility index (Phi) is 2.96. The first-order valence-electron chi connectivity index (χ1n) is 8.24. The summed E-state index contributed by atoms with van der Waals surface area (Å²) >= 11 is 0. The summed E-state index contributed by atoms with van der Waals surface area (Å²) in [4.78, 5) is 24.7. The van der Waals surface area contributed by atoms with E-state index in [1.54, 1.807) is 0 Å². The third kappa shape index (κ3) is 1.90. The third-order valence-corrected chi connectivity index (χ3v) is 6.29. The van der Waals surface area contributed by atoms with E-state index in [0.29, 0.717) is 0 Å². The van der Waals surface area contributed by atoms with E-state index in [0.717, 1.165) is 29.7 Å². The molecule has 4 nitrogen and oxygen atoms in total. The molecule has 1 spiro atoms. The molecule has 0 radical (unpaired) electrons. The van der Waals surface area contributed by atoms with Crippen molar-refractivity contribution in [1.82, 2.24) is 0 Å². The summed E-state index contributed by atoms with van der Waals surface area (Å²) in [6.45, 7) is 3.98. The smallest absolute Gasteiger partial charge is 0.307 e. The van der Waals surface area contributed by atoms with Crippen LogP contribution in [0.1, 0.15) is 24.0 Å². The monoisotopic (exact) mass is 311 g/mol. The van der Waals surface area contributed by atoms with Gasteiger partial charge in [0.2, 0.25) is 5.91 Å². The Morgan fingerprint density at radius 3 is 2.39 bits per heavy atom. The van der Waals surface area contributed by atoms with Gasteiger partial charge in [-0.1, -0.05) is 24.3 Å². The molecule has 3 aliphatic carbocycles. The van der Waals surface area contributed by atoms with Crippen LogP contribution < -0.4 is 5.32 Å². The molecule has 0 saturated heterocycles. The van der Waals surface area contributed by atoms with Crippen molar-refractivity contribution in [3.8, 4) is 0 Å². The van der Waals surface area contributed by atoms with Crippen molar-refractivity contribution in [2.75, 3.05) is 5.32 Å². The molecule has 1 amide bonds. The van der Waals surface area contributed by atoms with Gasteiger partial charge in [0.25, 0.3) is 0 Å². The van der Waals surface area contributed by atoms with Crippen LogP contribution in [0.2, 0.25) is 0 Å². The van der Waals surface area contributed by atoms with Gasteiger partial charge in [-0.15, -0.1) is 0 Å². The number of anilines is 1. The highest BCUT2D eigenvalue weighted by Gasteiger charge is 2.70. The fourth-order valence-corrected chi connectivity index (χ4v) is 4.79. The molecule has 2 saturated carbocycles. The lowest BCUT2D eigenvalue weighted by atomic mass is 9.82. The summed E-state index contributed by atoms with van der Waals surface area (Å²) in [6, 6.07) is 5.80. The number of aryl methyl sites for hydroxylation is 1. The molecule has 0 heterocycles. The minimum Gasteiger partial charge on any atom is -0.481 e. The average Bonchev–Trinajstić information content (AvgIpc) is 3.17. The molecule has 2 fully saturated rings. The van der Waals surface area contributed by atoms with Crippen LogP contribution in [-0.4, -0.2) is 17.0 Å². The van der Waals surface area contributed by atoms with Gasteiger partial charge in [0.05, 0.1) is 11.8 Å².